The van der Waals surface area contributed by atoms with Gasteiger partial charge >= 0.3 is 0 Å². The Labute approximate surface area is 222 Å². The van der Waals surface area contributed by atoms with Gasteiger partial charge in [0.05, 0.1) is 17.7 Å². The number of nitrogens with one attached hydrogen (secondary N) is 2. The van der Waals surface area contributed by atoms with E-state index < -0.39 is 5.54 Å². The number of benzene rings is 2. The standard InChI is InChI=1S/C20H22N2O4.C10H10N2/c23-17-13-9-20(10-13,19(25)21-17)22-11-12-8-15(6-7-16(12)18(22)24)26-14-4-2-1-3-5-14;11-5-8-2-1-3-9(4-8)10-6-12-7-10/h6-8,13-14H,1-5,9-11H2,(H,21,23,25);1-4,10,12H,6-7H2. The quantitative estimate of drug-likeness (QED) is 0.608. The first-order valence-corrected chi connectivity index (χ1v) is 13.6. The average Bonchev–Trinajstić information content (AvgIpc) is 3.19. The lowest BCUT2D eigenvalue weighted by atomic mass is 9.63. The number of hydrogen-bond acceptors (Lipinski definition) is 6. The van der Waals surface area contributed by atoms with E-state index in [9.17, 15) is 14.4 Å². The smallest absolute Gasteiger partial charge is 0.255 e. The van der Waals surface area contributed by atoms with Crippen LogP contribution < -0.4 is 15.4 Å². The van der Waals surface area contributed by atoms with Gasteiger partial charge in [-0.15, -0.1) is 0 Å². The van der Waals surface area contributed by atoms with E-state index in [1.54, 1.807) is 4.90 Å². The van der Waals surface area contributed by atoms with E-state index in [2.05, 4.69) is 22.8 Å². The maximum Gasteiger partial charge on any atom is 0.255 e. The van der Waals surface area contributed by atoms with Gasteiger partial charge in [0.15, 0.2) is 0 Å². The van der Waals surface area contributed by atoms with E-state index in [0.29, 0.717) is 30.9 Å². The van der Waals surface area contributed by atoms with Gasteiger partial charge in [0.1, 0.15) is 11.3 Å². The van der Waals surface area contributed by atoms with E-state index in [1.807, 2.05) is 36.4 Å². The zero-order valence-electron chi connectivity index (χ0n) is 21.4. The van der Waals surface area contributed by atoms with E-state index in [4.69, 9.17) is 10.00 Å². The molecule has 2 aromatic rings. The lowest BCUT2D eigenvalue weighted by Gasteiger charge is -2.53. The third-order valence-corrected chi connectivity index (χ3v) is 8.72. The van der Waals surface area contributed by atoms with Crippen molar-refractivity contribution in [1.82, 2.24) is 15.5 Å². The summed E-state index contributed by atoms with van der Waals surface area (Å²) in [7, 11) is 0. The Hall–Kier alpha value is -3.70. The highest BCUT2D eigenvalue weighted by atomic mass is 16.5. The van der Waals surface area contributed by atoms with Crippen molar-refractivity contribution in [1.29, 1.82) is 5.26 Å². The Bertz CT molecular complexity index is 1320. The van der Waals surface area contributed by atoms with Crippen LogP contribution in [-0.4, -0.2) is 47.4 Å². The molecular weight excluding hydrogens is 480 g/mol. The highest BCUT2D eigenvalue weighted by Gasteiger charge is 2.62. The molecule has 2 bridgehead atoms. The highest BCUT2D eigenvalue weighted by Crippen LogP contribution is 2.49. The number of fused-ring (bicyclic) bond motifs is 3. The van der Waals surface area contributed by atoms with Crippen LogP contribution in [0.1, 0.15) is 77.9 Å². The number of ether oxygens (including phenoxy) is 1. The number of carbonyl (C=O) groups is 3. The predicted molar refractivity (Wildman–Crippen MR) is 139 cm³/mol. The molecule has 3 amide bonds. The van der Waals surface area contributed by atoms with Crippen molar-refractivity contribution in [2.24, 2.45) is 5.92 Å². The van der Waals surface area contributed by atoms with Crippen molar-refractivity contribution >= 4 is 17.7 Å². The molecule has 196 valence electrons. The molecule has 2 aromatic carbocycles. The molecule has 5 fully saturated rings. The molecule has 3 saturated heterocycles. The number of rotatable bonds is 4. The minimum absolute atomic E-state index is 0.118. The van der Waals surface area contributed by atoms with Gasteiger partial charge in [-0.3, -0.25) is 19.7 Å². The molecule has 2 saturated carbocycles. The Balaban J connectivity index is 0.000000184. The third-order valence-electron chi connectivity index (χ3n) is 8.72. The average molecular weight is 513 g/mol. The van der Waals surface area contributed by atoms with Crippen LogP contribution in [0.4, 0.5) is 0 Å². The Morgan fingerprint density at radius 3 is 2.45 bits per heavy atom. The van der Waals surface area contributed by atoms with Gasteiger partial charge < -0.3 is 15.0 Å². The molecule has 8 nitrogen and oxygen atoms in total. The van der Waals surface area contributed by atoms with Crippen LogP contribution in [0.25, 0.3) is 0 Å². The summed E-state index contributed by atoms with van der Waals surface area (Å²) in [5.41, 5.74) is 2.75. The molecule has 2 N–H and O–H groups in total. The number of hydrogen-bond donors (Lipinski definition) is 2. The maximum absolute atomic E-state index is 12.9. The van der Waals surface area contributed by atoms with Crippen molar-refractivity contribution in [3.63, 3.8) is 0 Å². The second-order valence-electron chi connectivity index (χ2n) is 11.1. The lowest BCUT2D eigenvalue weighted by molar-refractivity contribution is -0.160. The molecule has 0 aromatic heterocycles. The Morgan fingerprint density at radius 1 is 0.974 bits per heavy atom. The topological polar surface area (TPSA) is 112 Å². The molecular formula is C30H32N4O4. The van der Waals surface area contributed by atoms with Crippen LogP contribution in [0.3, 0.4) is 0 Å². The third kappa shape index (κ3) is 4.35. The monoisotopic (exact) mass is 512 g/mol. The molecule has 0 radical (unpaired) electrons. The van der Waals surface area contributed by atoms with Gasteiger partial charge in [0.25, 0.3) is 11.8 Å². The van der Waals surface area contributed by atoms with Crippen LogP contribution in [0.2, 0.25) is 0 Å². The summed E-state index contributed by atoms with van der Waals surface area (Å²) in [5.74, 6) is 0.631. The van der Waals surface area contributed by atoms with Gasteiger partial charge in [-0.05, 0) is 80.0 Å². The number of piperidine rings is 2. The summed E-state index contributed by atoms with van der Waals surface area (Å²) >= 11 is 0. The second-order valence-corrected chi connectivity index (χ2v) is 11.1. The number of nitriles is 1. The first kappa shape index (κ1) is 24.6. The van der Waals surface area contributed by atoms with Crippen LogP contribution in [0.15, 0.2) is 42.5 Å². The van der Waals surface area contributed by atoms with Crippen molar-refractivity contribution in [3.8, 4) is 11.8 Å². The highest BCUT2D eigenvalue weighted by molar-refractivity contribution is 6.10. The summed E-state index contributed by atoms with van der Waals surface area (Å²) in [6.07, 6.45) is 7.02. The van der Waals surface area contributed by atoms with Gasteiger partial charge in [-0.2, -0.15) is 5.26 Å². The molecule has 4 heterocycles. The fourth-order valence-corrected chi connectivity index (χ4v) is 6.28. The van der Waals surface area contributed by atoms with Crippen LogP contribution >= 0.6 is 0 Å². The molecule has 6 aliphatic rings. The molecule has 8 rings (SSSR count). The van der Waals surface area contributed by atoms with Gasteiger partial charge in [-0.25, -0.2) is 0 Å². The van der Waals surface area contributed by atoms with Gasteiger partial charge in [-0.1, -0.05) is 18.6 Å². The fraction of sp³-hybridized carbons (Fsp3) is 0.467. The Kier molecular flexibility index (Phi) is 6.40. The molecule has 4 aliphatic heterocycles. The number of nitrogens with zero attached hydrogens (tertiary/aromatic N) is 2. The molecule has 2 aliphatic carbocycles. The van der Waals surface area contributed by atoms with Gasteiger partial charge in [0, 0.05) is 37.0 Å². The summed E-state index contributed by atoms with van der Waals surface area (Å²) in [5, 5.41) is 14.3. The fourth-order valence-electron chi connectivity index (χ4n) is 6.28. The van der Waals surface area contributed by atoms with Crippen LogP contribution in [-0.2, 0) is 16.1 Å². The minimum atomic E-state index is -0.848. The van der Waals surface area contributed by atoms with Crippen molar-refractivity contribution < 1.29 is 19.1 Å². The first-order valence-electron chi connectivity index (χ1n) is 13.6. The summed E-state index contributed by atoms with van der Waals surface area (Å²) in [6.45, 7) is 2.51. The molecule has 0 atom stereocenters. The van der Waals surface area contributed by atoms with E-state index in [0.717, 1.165) is 42.8 Å². The zero-order chi connectivity index (χ0) is 26.3. The normalized spacial score (nSPS) is 26.2. The van der Waals surface area contributed by atoms with Crippen molar-refractivity contribution in [2.75, 3.05) is 13.1 Å². The summed E-state index contributed by atoms with van der Waals surface area (Å²) < 4.78 is 6.11. The molecule has 38 heavy (non-hydrogen) atoms. The summed E-state index contributed by atoms with van der Waals surface area (Å²) in [6, 6.07) is 15.6. The van der Waals surface area contributed by atoms with Crippen LogP contribution in [0.5, 0.6) is 5.75 Å². The predicted octanol–water partition coefficient (Wildman–Crippen LogP) is 3.40. The van der Waals surface area contributed by atoms with Crippen LogP contribution in [0, 0.1) is 17.2 Å². The second kappa shape index (κ2) is 9.88. The minimum Gasteiger partial charge on any atom is -0.490 e. The SMILES string of the molecule is N#Cc1cccc(C2CNC2)c1.O=C1NC(=O)C2(N3Cc4cc(OC5CCCCC5)ccc4C3=O)CC1C2. The number of imide groups is 1. The number of carbonyl (C=O) groups excluding carboxylic acids is 3. The number of amides is 3. The molecule has 8 heteroatoms. The zero-order valence-corrected chi connectivity index (χ0v) is 21.4. The Morgan fingerprint density at radius 2 is 1.76 bits per heavy atom. The van der Waals surface area contributed by atoms with Gasteiger partial charge in [0.2, 0.25) is 5.91 Å². The molecule has 0 unspecified atom stereocenters. The first-order chi connectivity index (χ1) is 18.5. The van der Waals surface area contributed by atoms with E-state index in [1.165, 1.54) is 24.8 Å². The summed E-state index contributed by atoms with van der Waals surface area (Å²) in [4.78, 5) is 38.6. The lowest BCUT2D eigenvalue weighted by Crippen LogP contribution is -2.73. The van der Waals surface area contributed by atoms with E-state index >= 15 is 0 Å². The van der Waals surface area contributed by atoms with Crippen molar-refractivity contribution in [2.45, 2.75) is 69.1 Å². The van der Waals surface area contributed by atoms with E-state index in [-0.39, 0.29) is 29.7 Å². The maximum atomic E-state index is 12.9. The molecule has 0 spiro atoms. The largest absolute Gasteiger partial charge is 0.490 e. The van der Waals surface area contributed by atoms with Crippen molar-refractivity contribution in [3.05, 3.63) is 64.7 Å².